The minimum absolute atomic E-state index is 0.0997. The van der Waals surface area contributed by atoms with Crippen molar-refractivity contribution in [1.29, 1.82) is 0 Å². The Hall–Kier alpha value is -3.36. The van der Waals surface area contributed by atoms with Gasteiger partial charge in [-0.1, -0.05) is 46.7 Å². The molecule has 1 N–H and O–H groups in total. The van der Waals surface area contributed by atoms with Crippen LogP contribution in [0.3, 0.4) is 0 Å². The molecule has 0 fully saturated rings. The van der Waals surface area contributed by atoms with E-state index in [0.29, 0.717) is 29.4 Å². The third kappa shape index (κ3) is 5.84. The Balaban J connectivity index is 1.78. The lowest BCUT2D eigenvalue weighted by atomic mass is 10.0. The van der Waals surface area contributed by atoms with Gasteiger partial charge in [0.25, 0.3) is 0 Å². The van der Waals surface area contributed by atoms with Crippen LogP contribution in [0.15, 0.2) is 63.8 Å². The molecule has 0 unspecified atom stereocenters. The molecule has 0 aromatic heterocycles. The quantitative estimate of drug-likeness (QED) is 0.521. The van der Waals surface area contributed by atoms with Crippen LogP contribution in [0, 0.1) is 0 Å². The molecule has 2 aromatic carbocycles. The Morgan fingerprint density at radius 1 is 1.13 bits per heavy atom. The lowest BCUT2D eigenvalue weighted by Crippen LogP contribution is -2.36. The van der Waals surface area contributed by atoms with Crippen LogP contribution in [0.5, 0.6) is 0 Å². The first-order valence-corrected chi connectivity index (χ1v) is 9.72. The molecule has 31 heavy (non-hydrogen) atoms. The minimum atomic E-state index is -4.41. The zero-order valence-electron chi connectivity index (χ0n) is 17.2. The summed E-state index contributed by atoms with van der Waals surface area (Å²) < 4.78 is 38.8. The average molecular weight is 432 g/mol. The van der Waals surface area contributed by atoms with Crippen LogP contribution in [0.2, 0.25) is 0 Å². The van der Waals surface area contributed by atoms with E-state index in [9.17, 15) is 13.2 Å². The summed E-state index contributed by atoms with van der Waals surface area (Å²) in [6.07, 6.45) is -3.47. The Bertz CT molecular complexity index is 1000. The highest BCUT2D eigenvalue weighted by Crippen LogP contribution is 2.29. The molecule has 0 aliphatic carbocycles. The van der Waals surface area contributed by atoms with Gasteiger partial charge in [-0.15, -0.1) is 0 Å². The standard InChI is InChI=1S/C22H23F3N4O2/c1-15(16-8-5-9-18(13-16)22(23,24)25)28-31-14-17-7-3-4-10-19(17)20(29-30-2)21-26-11-6-12-27-21/h3-5,7-10,13H,6,11-12,14H2,1-2H3,(H,26,27)/b28-15+,29-20+. The Labute approximate surface area is 178 Å². The molecular weight excluding hydrogens is 409 g/mol. The van der Waals surface area contributed by atoms with Crippen LogP contribution in [0.1, 0.15) is 35.6 Å². The second-order valence-electron chi connectivity index (χ2n) is 6.82. The number of alkyl halides is 3. The highest BCUT2D eigenvalue weighted by molar-refractivity contribution is 6.47. The molecule has 164 valence electrons. The molecule has 0 amide bonds. The van der Waals surface area contributed by atoms with E-state index < -0.39 is 11.7 Å². The summed E-state index contributed by atoms with van der Waals surface area (Å²) in [5.41, 5.74) is 2.06. The summed E-state index contributed by atoms with van der Waals surface area (Å²) in [5, 5.41) is 11.4. The molecule has 9 heteroatoms. The average Bonchev–Trinajstić information content (AvgIpc) is 2.78. The van der Waals surface area contributed by atoms with E-state index in [1.165, 1.54) is 13.2 Å². The Kier molecular flexibility index (Phi) is 7.28. The zero-order valence-corrected chi connectivity index (χ0v) is 17.2. The van der Waals surface area contributed by atoms with E-state index in [0.717, 1.165) is 36.2 Å². The van der Waals surface area contributed by atoms with E-state index in [4.69, 9.17) is 9.68 Å². The van der Waals surface area contributed by atoms with Crippen molar-refractivity contribution in [2.75, 3.05) is 20.2 Å². The molecule has 1 aliphatic heterocycles. The number of hydrogen-bond acceptors (Lipinski definition) is 6. The number of benzene rings is 2. The normalized spacial score (nSPS) is 15.2. The number of rotatable bonds is 7. The van der Waals surface area contributed by atoms with Crippen LogP contribution >= 0.6 is 0 Å². The van der Waals surface area contributed by atoms with E-state index in [2.05, 4.69) is 20.6 Å². The van der Waals surface area contributed by atoms with Crippen LogP contribution in [-0.4, -0.2) is 37.5 Å². The second-order valence-corrected chi connectivity index (χ2v) is 6.82. The third-order valence-electron chi connectivity index (χ3n) is 4.61. The first-order chi connectivity index (χ1) is 14.9. The van der Waals surface area contributed by atoms with Gasteiger partial charge in [0.2, 0.25) is 0 Å². The van der Waals surface area contributed by atoms with Gasteiger partial charge in [-0.25, -0.2) is 0 Å². The molecule has 0 saturated heterocycles. The summed E-state index contributed by atoms with van der Waals surface area (Å²) in [5.74, 6) is 0.643. The van der Waals surface area contributed by atoms with Crippen LogP contribution in [-0.2, 0) is 22.5 Å². The molecule has 6 nitrogen and oxygen atoms in total. The number of nitrogens with one attached hydrogen (secondary N) is 1. The fourth-order valence-electron chi connectivity index (χ4n) is 3.05. The van der Waals surface area contributed by atoms with Gasteiger partial charge in [0.05, 0.1) is 11.3 Å². The van der Waals surface area contributed by atoms with Gasteiger partial charge in [-0.05, 0) is 31.0 Å². The first-order valence-electron chi connectivity index (χ1n) is 9.72. The number of halogens is 3. The molecule has 0 atom stereocenters. The van der Waals surface area contributed by atoms with Gasteiger partial charge < -0.3 is 15.0 Å². The van der Waals surface area contributed by atoms with Crippen molar-refractivity contribution < 1.29 is 22.8 Å². The number of amidine groups is 1. The topological polar surface area (TPSA) is 67.6 Å². The monoisotopic (exact) mass is 432 g/mol. The summed E-state index contributed by atoms with van der Waals surface area (Å²) in [6, 6.07) is 12.4. The van der Waals surface area contributed by atoms with Gasteiger partial charge in [0.1, 0.15) is 13.7 Å². The second kappa shape index (κ2) is 10.1. The molecule has 1 aliphatic rings. The van der Waals surface area contributed by atoms with Crippen molar-refractivity contribution in [2.45, 2.75) is 26.1 Å². The highest BCUT2D eigenvalue weighted by Gasteiger charge is 2.30. The summed E-state index contributed by atoms with van der Waals surface area (Å²) in [7, 11) is 1.46. The van der Waals surface area contributed by atoms with Gasteiger partial charge in [-0.2, -0.15) is 13.2 Å². The fourth-order valence-corrected chi connectivity index (χ4v) is 3.05. The van der Waals surface area contributed by atoms with E-state index in [-0.39, 0.29) is 6.61 Å². The first kappa shape index (κ1) is 22.3. The SMILES string of the molecule is CO/N=C(/C1=NCCCN1)c1ccccc1CO/N=C(\C)c1cccc(C(F)(F)F)c1. The van der Waals surface area contributed by atoms with Crippen LogP contribution < -0.4 is 5.32 Å². The van der Waals surface area contributed by atoms with Crippen molar-refractivity contribution in [1.82, 2.24) is 5.32 Å². The van der Waals surface area contributed by atoms with Gasteiger partial charge in [0.15, 0.2) is 11.5 Å². The summed E-state index contributed by atoms with van der Waals surface area (Å²) in [4.78, 5) is 15.0. The predicted octanol–water partition coefficient (Wildman–Crippen LogP) is 4.39. The Morgan fingerprint density at radius 3 is 2.65 bits per heavy atom. The van der Waals surface area contributed by atoms with Gasteiger partial charge >= 0.3 is 6.18 Å². The molecule has 1 heterocycles. The maximum Gasteiger partial charge on any atom is 0.416 e. The number of hydrogen-bond donors (Lipinski definition) is 1. The molecule has 0 spiro atoms. The van der Waals surface area contributed by atoms with E-state index in [1.54, 1.807) is 13.0 Å². The zero-order chi connectivity index (χ0) is 22.3. The third-order valence-corrected chi connectivity index (χ3v) is 4.61. The smallest absolute Gasteiger partial charge is 0.399 e. The maximum atomic E-state index is 12.9. The highest BCUT2D eigenvalue weighted by atomic mass is 19.4. The van der Waals surface area contributed by atoms with E-state index >= 15 is 0 Å². The van der Waals surface area contributed by atoms with Crippen molar-refractivity contribution in [3.05, 3.63) is 70.8 Å². The number of nitrogens with zero attached hydrogens (tertiary/aromatic N) is 3. The molecule has 0 radical (unpaired) electrons. The molecular formula is C22H23F3N4O2. The van der Waals surface area contributed by atoms with Crippen molar-refractivity contribution in [3.8, 4) is 0 Å². The largest absolute Gasteiger partial charge is 0.416 e. The minimum Gasteiger partial charge on any atom is -0.399 e. The van der Waals surface area contributed by atoms with Crippen LogP contribution in [0.4, 0.5) is 13.2 Å². The number of oxime groups is 2. The lowest BCUT2D eigenvalue weighted by molar-refractivity contribution is -0.137. The van der Waals surface area contributed by atoms with Crippen molar-refractivity contribution >= 4 is 17.3 Å². The summed E-state index contributed by atoms with van der Waals surface area (Å²) >= 11 is 0. The predicted molar refractivity (Wildman–Crippen MR) is 113 cm³/mol. The summed E-state index contributed by atoms with van der Waals surface area (Å²) in [6.45, 7) is 3.19. The van der Waals surface area contributed by atoms with E-state index in [1.807, 2.05) is 24.3 Å². The fraction of sp³-hybridized carbons (Fsp3) is 0.318. The molecule has 0 saturated carbocycles. The van der Waals surface area contributed by atoms with Crippen molar-refractivity contribution in [3.63, 3.8) is 0 Å². The van der Waals surface area contributed by atoms with Crippen molar-refractivity contribution in [2.24, 2.45) is 15.3 Å². The van der Waals surface area contributed by atoms with Gasteiger partial charge in [-0.3, -0.25) is 4.99 Å². The molecule has 3 rings (SSSR count). The molecule has 2 aromatic rings. The maximum absolute atomic E-state index is 12.9. The lowest BCUT2D eigenvalue weighted by Gasteiger charge is -2.17. The van der Waals surface area contributed by atoms with Gasteiger partial charge in [0, 0.05) is 24.2 Å². The number of aliphatic imine (C=N–C) groups is 1. The molecule has 0 bridgehead atoms. The Morgan fingerprint density at radius 2 is 1.94 bits per heavy atom. The van der Waals surface area contributed by atoms with Crippen LogP contribution in [0.25, 0.3) is 0 Å².